The van der Waals surface area contributed by atoms with Crippen molar-refractivity contribution in [2.24, 2.45) is 5.92 Å². The number of aldehydes is 1. The minimum Gasteiger partial charge on any atom is -0.490 e. The monoisotopic (exact) mass is 444 g/mol. The Balaban J connectivity index is 0.000000755. The molecule has 1 saturated heterocycles. The van der Waals surface area contributed by atoms with Crippen LogP contribution in [-0.4, -0.2) is 34.5 Å². The maximum atomic E-state index is 14.8. The summed E-state index contributed by atoms with van der Waals surface area (Å²) < 4.78 is 65.5. The summed E-state index contributed by atoms with van der Waals surface area (Å²) in [5.41, 5.74) is -0.244. The molecule has 0 N–H and O–H groups in total. The van der Waals surface area contributed by atoms with Crippen molar-refractivity contribution in [3.63, 3.8) is 0 Å². The summed E-state index contributed by atoms with van der Waals surface area (Å²) >= 11 is 5.87. The summed E-state index contributed by atoms with van der Waals surface area (Å²) in [6.07, 6.45) is 0.763. The van der Waals surface area contributed by atoms with Crippen LogP contribution in [0.15, 0.2) is 41.3 Å². The molecule has 0 saturated carbocycles. The molecular formula is C20H19ClF2O5S. The number of ether oxygens (including phenoxy) is 2. The van der Waals surface area contributed by atoms with E-state index in [2.05, 4.69) is 0 Å². The number of benzene rings is 2. The van der Waals surface area contributed by atoms with Gasteiger partial charge in [0.25, 0.3) is 0 Å². The smallest absolute Gasteiger partial charge is 0.189 e. The minimum absolute atomic E-state index is 0.00492. The van der Waals surface area contributed by atoms with E-state index >= 15 is 0 Å². The zero-order valence-corrected chi connectivity index (χ0v) is 17.1. The predicted octanol–water partition coefficient (Wildman–Crippen LogP) is 3.92. The van der Waals surface area contributed by atoms with Crippen molar-refractivity contribution in [2.45, 2.75) is 23.0 Å². The van der Waals surface area contributed by atoms with Crippen LogP contribution in [0.2, 0.25) is 5.02 Å². The number of hydrogen-bond acceptors (Lipinski definition) is 5. The third-order valence-corrected chi connectivity index (χ3v) is 7.96. The molecule has 29 heavy (non-hydrogen) atoms. The first-order chi connectivity index (χ1) is 13.8. The number of hydrogen-bond donors (Lipinski definition) is 0. The number of rotatable bonds is 2. The highest BCUT2D eigenvalue weighted by atomic mass is 35.5. The van der Waals surface area contributed by atoms with E-state index in [1.807, 2.05) is 0 Å². The van der Waals surface area contributed by atoms with Gasteiger partial charge in [0.05, 0.1) is 23.7 Å². The lowest BCUT2D eigenvalue weighted by Crippen LogP contribution is -2.54. The van der Waals surface area contributed by atoms with E-state index in [1.165, 1.54) is 31.2 Å². The molecule has 2 aliphatic rings. The largest absolute Gasteiger partial charge is 0.490 e. The van der Waals surface area contributed by atoms with E-state index in [0.29, 0.717) is 5.02 Å². The molecule has 2 heterocycles. The van der Waals surface area contributed by atoms with Gasteiger partial charge in [0.1, 0.15) is 16.9 Å². The van der Waals surface area contributed by atoms with Crippen LogP contribution in [0, 0.1) is 17.6 Å². The van der Waals surface area contributed by atoms with Gasteiger partial charge in [-0.15, -0.1) is 0 Å². The minimum atomic E-state index is -4.08. The number of halogens is 3. The average Bonchev–Trinajstić information content (AvgIpc) is 2.71. The summed E-state index contributed by atoms with van der Waals surface area (Å²) in [5, 5.41) is 0.384. The zero-order valence-electron chi connectivity index (χ0n) is 15.5. The molecule has 2 aromatic carbocycles. The first-order valence-corrected chi connectivity index (χ1v) is 10.7. The summed E-state index contributed by atoms with van der Waals surface area (Å²) in [6.45, 7) is 1.58. The molecule has 1 fully saturated rings. The average molecular weight is 445 g/mol. The van der Waals surface area contributed by atoms with Crippen molar-refractivity contribution in [2.75, 3.05) is 19.8 Å². The lowest BCUT2D eigenvalue weighted by molar-refractivity contribution is -0.106. The molecule has 0 aliphatic carbocycles. The maximum Gasteiger partial charge on any atom is 0.189 e. The summed E-state index contributed by atoms with van der Waals surface area (Å²) in [4.78, 5) is 8.81. The van der Waals surface area contributed by atoms with Gasteiger partial charge in [-0.1, -0.05) is 11.6 Å². The Morgan fingerprint density at radius 3 is 2.38 bits per heavy atom. The Kier molecular flexibility index (Phi) is 6.26. The molecule has 5 nitrogen and oxygen atoms in total. The fourth-order valence-electron chi connectivity index (χ4n) is 3.86. The molecule has 9 heteroatoms. The standard InChI is InChI=1S/C18H15ClF2O4S.C2H4O/c19-12-1-3-13(4-2-12)26(22,23)18-7-8-24-9-11(18)10-25-17-15(21)6-5-14(20)16(17)18;1-2-3/h1-6,11H,7-10H2;2H,1H3/t11?,18-;/m0./s1. The third kappa shape index (κ3) is 3.53. The second kappa shape index (κ2) is 8.38. The molecule has 156 valence electrons. The zero-order chi connectivity index (χ0) is 21.2. The highest BCUT2D eigenvalue weighted by Crippen LogP contribution is 2.53. The highest BCUT2D eigenvalue weighted by Gasteiger charge is 2.59. The van der Waals surface area contributed by atoms with Crippen LogP contribution >= 0.6 is 11.6 Å². The van der Waals surface area contributed by atoms with Crippen molar-refractivity contribution in [3.05, 3.63) is 58.6 Å². The molecular weight excluding hydrogens is 426 g/mol. The Bertz CT molecular complexity index is 1010. The lowest BCUT2D eigenvalue weighted by atomic mass is 9.79. The molecule has 4 rings (SSSR count). The normalized spacial score (nSPS) is 23.0. The molecule has 0 aromatic heterocycles. The van der Waals surface area contributed by atoms with Crippen LogP contribution in [0.25, 0.3) is 0 Å². The van der Waals surface area contributed by atoms with E-state index in [9.17, 15) is 17.2 Å². The number of carbonyl (C=O) groups is 1. The second-order valence-corrected chi connectivity index (χ2v) is 9.29. The molecule has 0 amide bonds. The van der Waals surface area contributed by atoms with Crippen molar-refractivity contribution in [1.29, 1.82) is 0 Å². The van der Waals surface area contributed by atoms with Gasteiger partial charge in [0, 0.05) is 17.5 Å². The molecule has 2 aromatic rings. The fourth-order valence-corrected chi connectivity index (χ4v) is 6.29. The SMILES string of the molecule is CC=O.O=S(=O)(c1ccc(Cl)cc1)[C@@]12CCOCC1COc1c(F)ccc(F)c12. The predicted molar refractivity (Wildman–Crippen MR) is 103 cm³/mol. The maximum absolute atomic E-state index is 14.8. The van der Waals surface area contributed by atoms with Crippen LogP contribution in [0.4, 0.5) is 8.78 Å². The molecule has 0 bridgehead atoms. The molecule has 2 aliphatic heterocycles. The van der Waals surface area contributed by atoms with Crippen molar-refractivity contribution in [1.82, 2.24) is 0 Å². The first kappa shape index (κ1) is 21.7. The van der Waals surface area contributed by atoms with Gasteiger partial charge < -0.3 is 14.3 Å². The first-order valence-electron chi connectivity index (χ1n) is 8.88. The van der Waals surface area contributed by atoms with Crippen molar-refractivity contribution >= 4 is 27.7 Å². The van der Waals surface area contributed by atoms with Gasteiger partial charge in [-0.25, -0.2) is 17.2 Å². The van der Waals surface area contributed by atoms with Crippen LogP contribution in [0.3, 0.4) is 0 Å². The van der Waals surface area contributed by atoms with Gasteiger partial charge in [0.15, 0.2) is 21.4 Å². The highest BCUT2D eigenvalue weighted by molar-refractivity contribution is 7.92. The quantitative estimate of drug-likeness (QED) is 0.656. The molecule has 0 spiro atoms. The molecule has 2 atom stereocenters. The van der Waals surface area contributed by atoms with Crippen LogP contribution < -0.4 is 4.74 Å². The topological polar surface area (TPSA) is 69.7 Å². The summed E-state index contributed by atoms with van der Waals surface area (Å²) in [6, 6.07) is 7.56. The Hall–Kier alpha value is -2.03. The van der Waals surface area contributed by atoms with Crippen molar-refractivity contribution in [3.8, 4) is 5.75 Å². The van der Waals surface area contributed by atoms with Crippen LogP contribution in [0.5, 0.6) is 5.75 Å². The van der Waals surface area contributed by atoms with Crippen molar-refractivity contribution < 1.29 is 31.5 Å². The van der Waals surface area contributed by atoms with E-state index in [0.717, 1.165) is 18.4 Å². The molecule has 1 unspecified atom stereocenters. The van der Waals surface area contributed by atoms with Crippen LogP contribution in [-0.2, 0) is 24.1 Å². The fraction of sp³-hybridized carbons (Fsp3) is 0.350. The number of sulfone groups is 1. The Morgan fingerprint density at radius 2 is 1.72 bits per heavy atom. The number of fused-ring (bicyclic) bond motifs is 3. The van der Waals surface area contributed by atoms with E-state index in [-0.39, 0.29) is 42.4 Å². The van der Waals surface area contributed by atoms with Gasteiger partial charge in [-0.05, 0) is 49.7 Å². The van der Waals surface area contributed by atoms with Gasteiger partial charge >= 0.3 is 0 Å². The Labute approximate surface area is 172 Å². The van der Waals surface area contributed by atoms with E-state index < -0.39 is 32.1 Å². The van der Waals surface area contributed by atoms with E-state index in [4.69, 9.17) is 25.9 Å². The van der Waals surface area contributed by atoms with Gasteiger partial charge in [0.2, 0.25) is 0 Å². The third-order valence-electron chi connectivity index (χ3n) is 5.11. The lowest BCUT2D eigenvalue weighted by Gasteiger charge is -2.46. The summed E-state index contributed by atoms with van der Waals surface area (Å²) in [7, 11) is -4.08. The number of carbonyl (C=O) groups excluding carboxylic acids is 1. The van der Waals surface area contributed by atoms with Gasteiger partial charge in [-0.3, -0.25) is 0 Å². The van der Waals surface area contributed by atoms with E-state index in [1.54, 1.807) is 0 Å². The van der Waals surface area contributed by atoms with Crippen LogP contribution in [0.1, 0.15) is 18.9 Å². The summed E-state index contributed by atoms with van der Waals surface area (Å²) in [5.74, 6) is -2.57. The Morgan fingerprint density at radius 1 is 1.10 bits per heavy atom. The van der Waals surface area contributed by atoms with Gasteiger partial charge in [-0.2, -0.15) is 0 Å². The second-order valence-electron chi connectivity index (χ2n) is 6.65. The molecule has 0 radical (unpaired) electrons.